The lowest BCUT2D eigenvalue weighted by molar-refractivity contribution is -0.121. The summed E-state index contributed by atoms with van der Waals surface area (Å²) >= 11 is 1.42. The van der Waals surface area contributed by atoms with Crippen LogP contribution in [0.5, 0.6) is 0 Å². The standard InChI is InChI=1S/C18H29N5OS/c1-12(2)18(5,11-19)20-16(24)13(3)25-17-22-21-14(4)23(17)15-9-7-6-8-10-15/h12-13,15H,6-10H2,1-5H3,(H,20,24). The topological polar surface area (TPSA) is 83.6 Å². The molecule has 1 heterocycles. The van der Waals surface area contributed by atoms with E-state index in [-0.39, 0.29) is 17.1 Å². The van der Waals surface area contributed by atoms with Crippen molar-refractivity contribution in [2.45, 2.75) is 88.7 Å². The summed E-state index contributed by atoms with van der Waals surface area (Å²) in [6.45, 7) is 9.46. The molecule has 0 bridgehead atoms. The number of thioether (sulfide) groups is 1. The van der Waals surface area contributed by atoms with Crippen LogP contribution in [0, 0.1) is 24.2 Å². The lowest BCUT2D eigenvalue weighted by Gasteiger charge is -2.29. The molecule has 0 radical (unpaired) electrons. The van der Waals surface area contributed by atoms with Crippen LogP contribution in [0.2, 0.25) is 0 Å². The minimum absolute atomic E-state index is 0.0341. The Bertz CT molecular complexity index is 644. The highest BCUT2D eigenvalue weighted by Crippen LogP contribution is 2.33. The molecule has 1 N–H and O–H groups in total. The molecular weight excluding hydrogens is 334 g/mol. The third-order valence-electron chi connectivity index (χ3n) is 5.20. The van der Waals surface area contributed by atoms with Gasteiger partial charge in [-0.2, -0.15) is 5.26 Å². The molecular formula is C18H29N5OS. The Hall–Kier alpha value is -1.55. The van der Waals surface area contributed by atoms with E-state index in [0.717, 1.165) is 23.8 Å². The number of nitrogens with zero attached hydrogens (tertiary/aromatic N) is 4. The number of nitriles is 1. The number of carbonyl (C=O) groups is 1. The lowest BCUT2D eigenvalue weighted by Crippen LogP contribution is -2.51. The monoisotopic (exact) mass is 363 g/mol. The molecule has 25 heavy (non-hydrogen) atoms. The molecule has 1 aliphatic carbocycles. The Kier molecular flexibility index (Phi) is 6.50. The van der Waals surface area contributed by atoms with Crippen molar-refractivity contribution in [2.75, 3.05) is 0 Å². The molecule has 1 fully saturated rings. The molecule has 1 aliphatic rings. The molecule has 0 saturated heterocycles. The fraction of sp³-hybridized carbons (Fsp3) is 0.778. The summed E-state index contributed by atoms with van der Waals surface area (Å²) in [6, 6.07) is 2.65. The summed E-state index contributed by atoms with van der Waals surface area (Å²) in [5.41, 5.74) is -0.862. The first-order valence-electron chi connectivity index (χ1n) is 9.10. The first-order chi connectivity index (χ1) is 11.8. The van der Waals surface area contributed by atoms with Crippen molar-refractivity contribution in [3.05, 3.63) is 5.82 Å². The van der Waals surface area contributed by atoms with E-state index in [1.54, 1.807) is 6.92 Å². The zero-order valence-electron chi connectivity index (χ0n) is 15.9. The van der Waals surface area contributed by atoms with Gasteiger partial charge in [0.1, 0.15) is 11.4 Å². The van der Waals surface area contributed by atoms with Gasteiger partial charge in [0.05, 0.1) is 11.3 Å². The van der Waals surface area contributed by atoms with Gasteiger partial charge in [-0.3, -0.25) is 4.79 Å². The molecule has 7 heteroatoms. The van der Waals surface area contributed by atoms with Gasteiger partial charge < -0.3 is 9.88 Å². The third-order valence-corrected chi connectivity index (χ3v) is 6.25. The molecule has 2 atom stereocenters. The van der Waals surface area contributed by atoms with Gasteiger partial charge in [0.2, 0.25) is 5.91 Å². The molecule has 0 aliphatic heterocycles. The van der Waals surface area contributed by atoms with Crippen LogP contribution in [0.4, 0.5) is 0 Å². The van der Waals surface area contributed by atoms with E-state index in [2.05, 4.69) is 26.2 Å². The van der Waals surface area contributed by atoms with Gasteiger partial charge in [0, 0.05) is 6.04 Å². The van der Waals surface area contributed by atoms with Crippen LogP contribution in [-0.2, 0) is 4.79 Å². The van der Waals surface area contributed by atoms with Crippen LogP contribution in [0.25, 0.3) is 0 Å². The summed E-state index contributed by atoms with van der Waals surface area (Å²) in [5.74, 6) is 0.802. The maximum absolute atomic E-state index is 12.6. The maximum Gasteiger partial charge on any atom is 0.234 e. The normalized spacial score (nSPS) is 19.2. The summed E-state index contributed by atoms with van der Waals surface area (Å²) in [5, 5.41) is 21.3. The zero-order valence-corrected chi connectivity index (χ0v) is 16.7. The van der Waals surface area contributed by atoms with Crippen molar-refractivity contribution in [1.29, 1.82) is 5.26 Å². The smallest absolute Gasteiger partial charge is 0.234 e. The number of aromatic nitrogens is 3. The van der Waals surface area contributed by atoms with E-state index in [1.165, 1.54) is 31.0 Å². The van der Waals surface area contributed by atoms with E-state index in [9.17, 15) is 10.1 Å². The first kappa shape index (κ1) is 19.8. The molecule has 2 unspecified atom stereocenters. The number of amides is 1. The summed E-state index contributed by atoms with van der Waals surface area (Å²) in [4.78, 5) is 12.6. The minimum Gasteiger partial charge on any atom is -0.337 e. The second-order valence-electron chi connectivity index (χ2n) is 7.41. The van der Waals surface area contributed by atoms with E-state index >= 15 is 0 Å². The number of hydrogen-bond donors (Lipinski definition) is 1. The van der Waals surface area contributed by atoms with Gasteiger partial charge in [-0.15, -0.1) is 10.2 Å². The fourth-order valence-electron chi connectivity index (χ4n) is 3.06. The summed E-state index contributed by atoms with van der Waals surface area (Å²) in [7, 11) is 0. The third kappa shape index (κ3) is 4.55. The van der Waals surface area contributed by atoms with E-state index in [1.807, 2.05) is 27.7 Å². The van der Waals surface area contributed by atoms with Crippen molar-refractivity contribution >= 4 is 17.7 Å². The van der Waals surface area contributed by atoms with E-state index < -0.39 is 5.54 Å². The number of hydrogen-bond acceptors (Lipinski definition) is 5. The Morgan fingerprint density at radius 3 is 2.52 bits per heavy atom. The highest BCUT2D eigenvalue weighted by molar-refractivity contribution is 8.00. The average Bonchev–Trinajstić information content (AvgIpc) is 2.95. The van der Waals surface area contributed by atoms with Crippen molar-refractivity contribution in [1.82, 2.24) is 20.1 Å². The molecule has 0 spiro atoms. The molecule has 1 amide bonds. The van der Waals surface area contributed by atoms with Gasteiger partial charge in [0.25, 0.3) is 0 Å². The first-order valence-corrected chi connectivity index (χ1v) is 9.98. The van der Waals surface area contributed by atoms with Crippen LogP contribution in [0.1, 0.15) is 71.7 Å². The van der Waals surface area contributed by atoms with Crippen LogP contribution >= 0.6 is 11.8 Å². The number of rotatable bonds is 6. The quantitative estimate of drug-likeness (QED) is 0.780. The van der Waals surface area contributed by atoms with Gasteiger partial charge in [-0.1, -0.05) is 44.9 Å². The van der Waals surface area contributed by atoms with Crippen molar-refractivity contribution < 1.29 is 4.79 Å². The molecule has 2 rings (SSSR count). The minimum atomic E-state index is -0.862. The summed E-state index contributed by atoms with van der Waals surface area (Å²) in [6.07, 6.45) is 6.05. The largest absolute Gasteiger partial charge is 0.337 e. The van der Waals surface area contributed by atoms with Crippen LogP contribution in [0.15, 0.2) is 5.16 Å². The highest BCUT2D eigenvalue weighted by Gasteiger charge is 2.32. The number of nitrogens with one attached hydrogen (secondary N) is 1. The Labute approximate surface area is 154 Å². The zero-order chi connectivity index (χ0) is 18.6. The Balaban J connectivity index is 2.09. The van der Waals surface area contributed by atoms with Crippen LogP contribution < -0.4 is 5.32 Å². The van der Waals surface area contributed by atoms with Gasteiger partial charge >= 0.3 is 0 Å². The van der Waals surface area contributed by atoms with Crippen molar-refractivity contribution in [3.63, 3.8) is 0 Å². The Morgan fingerprint density at radius 2 is 1.96 bits per heavy atom. The predicted octanol–water partition coefficient (Wildman–Crippen LogP) is 3.63. The van der Waals surface area contributed by atoms with Crippen molar-refractivity contribution in [3.8, 4) is 6.07 Å². The predicted molar refractivity (Wildman–Crippen MR) is 99.2 cm³/mol. The molecule has 6 nitrogen and oxygen atoms in total. The molecule has 1 aromatic rings. The lowest BCUT2D eigenvalue weighted by atomic mass is 9.90. The van der Waals surface area contributed by atoms with E-state index in [0.29, 0.717) is 6.04 Å². The fourth-order valence-corrected chi connectivity index (χ4v) is 4.03. The maximum atomic E-state index is 12.6. The number of carbonyl (C=O) groups excluding carboxylic acids is 1. The molecule has 0 aromatic carbocycles. The second-order valence-corrected chi connectivity index (χ2v) is 8.72. The average molecular weight is 364 g/mol. The van der Waals surface area contributed by atoms with Crippen molar-refractivity contribution in [2.24, 2.45) is 5.92 Å². The molecule has 138 valence electrons. The summed E-state index contributed by atoms with van der Waals surface area (Å²) < 4.78 is 2.19. The van der Waals surface area contributed by atoms with Crippen LogP contribution in [-0.4, -0.2) is 31.5 Å². The Morgan fingerprint density at radius 1 is 1.32 bits per heavy atom. The molecule has 1 saturated carbocycles. The van der Waals surface area contributed by atoms with Gasteiger partial charge in [0.15, 0.2) is 5.16 Å². The number of aryl methyl sites for hydroxylation is 1. The van der Waals surface area contributed by atoms with Gasteiger partial charge in [-0.05, 0) is 39.5 Å². The SMILES string of the molecule is Cc1nnc(SC(C)C(=O)NC(C)(C#N)C(C)C)n1C1CCCCC1. The highest BCUT2D eigenvalue weighted by atomic mass is 32.2. The van der Waals surface area contributed by atoms with Gasteiger partial charge in [-0.25, -0.2) is 0 Å². The van der Waals surface area contributed by atoms with Crippen LogP contribution in [0.3, 0.4) is 0 Å². The molecule has 1 aromatic heterocycles. The second kappa shape index (κ2) is 8.22. The van der Waals surface area contributed by atoms with E-state index in [4.69, 9.17) is 0 Å².